The van der Waals surface area contributed by atoms with Gasteiger partial charge in [0.15, 0.2) is 0 Å². The first-order valence-corrected chi connectivity index (χ1v) is 10.1. The van der Waals surface area contributed by atoms with Crippen molar-refractivity contribution in [1.82, 2.24) is 5.32 Å². The standard InChI is InChI=1S/C16H23ClN2O3S.ClH/c1-23(21,22)10-7-14(18)15(20)19-11-16(8-2-9-16)12-3-5-13(17)6-4-12;/h3-6,14H,2,7-11,18H2,1H3,(H,19,20);1H. The Morgan fingerprint density at radius 1 is 1.33 bits per heavy atom. The van der Waals surface area contributed by atoms with Crippen molar-refractivity contribution in [2.75, 3.05) is 18.6 Å². The van der Waals surface area contributed by atoms with Gasteiger partial charge in [0.2, 0.25) is 5.91 Å². The van der Waals surface area contributed by atoms with Crippen molar-refractivity contribution < 1.29 is 13.2 Å². The first-order chi connectivity index (χ1) is 10.7. The Hall–Kier alpha value is -0.820. The van der Waals surface area contributed by atoms with Gasteiger partial charge in [0.1, 0.15) is 9.84 Å². The fourth-order valence-electron chi connectivity index (χ4n) is 2.83. The molecule has 1 aromatic rings. The average Bonchev–Trinajstić information content (AvgIpc) is 2.44. The summed E-state index contributed by atoms with van der Waals surface area (Å²) in [7, 11) is -3.11. The maximum atomic E-state index is 12.1. The Morgan fingerprint density at radius 3 is 2.38 bits per heavy atom. The number of carbonyl (C=O) groups excluding carboxylic acids is 1. The zero-order valence-corrected chi connectivity index (χ0v) is 16.0. The van der Waals surface area contributed by atoms with Crippen molar-refractivity contribution in [3.8, 4) is 0 Å². The third kappa shape index (κ3) is 5.62. The van der Waals surface area contributed by atoms with Gasteiger partial charge in [-0.25, -0.2) is 8.42 Å². The van der Waals surface area contributed by atoms with Gasteiger partial charge in [0, 0.05) is 23.2 Å². The minimum atomic E-state index is -3.11. The predicted octanol–water partition coefficient (Wildman–Crippen LogP) is 2.06. The number of hydrogen-bond donors (Lipinski definition) is 2. The highest BCUT2D eigenvalue weighted by atomic mass is 35.5. The van der Waals surface area contributed by atoms with Crippen LogP contribution in [0.25, 0.3) is 0 Å². The number of nitrogens with two attached hydrogens (primary N) is 1. The quantitative estimate of drug-likeness (QED) is 0.740. The molecule has 136 valence electrons. The molecule has 0 aliphatic heterocycles. The Labute approximate surface area is 154 Å². The number of carbonyl (C=O) groups is 1. The fourth-order valence-corrected chi connectivity index (χ4v) is 3.64. The molecule has 0 saturated heterocycles. The van der Waals surface area contributed by atoms with E-state index < -0.39 is 15.9 Å². The van der Waals surface area contributed by atoms with Crippen LogP contribution in [0.5, 0.6) is 0 Å². The number of halogens is 2. The van der Waals surface area contributed by atoms with E-state index in [0.717, 1.165) is 31.1 Å². The molecule has 1 atom stereocenters. The van der Waals surface area contributed by atoms with Crippen LogP contribution >= 0.6 is 24.0 Å². The number of nitrogens with one attached hydrogen (secondary N) is 1. The van der Waals surface area contributed by atoms with E-state index in [-0.39, 0.29) is 35.9 Å². The zero-order valence-electron chi connectivity index (χ0n) is 13.6. The van der Waals surface area contributed by atoms with Gasteiger partial charge in [-0.05, 0) is 37.0 Å². The van der Waals surface area contributed by atoms with Crippen LogP contribution < -0.4 is 11.1 Å². The Balaban J connectivity index is 0.00000288. The van der Waals surface area contributed by atoms with Crippen LogP contribution in [0.4, 0.5) is 0 Å². The molecule has 5 nitrogen and oxygen atoms in total. The highest BCUT2D eigenvalue weighted by Crippen LogP contribution is 2.43. The molecule has 1 fully saturated rings. The van der Waals surface area contributed by atoms with E-state index in [9.17, 15) is 13.2 Å². The Morgan fingerprint density at radius 2 is 1.92 bits per heavy atom. The van der Waals surface area contributed by atoms with Crippen molar-refractivity contribution in [3.63, 3.8) is 0 Å². The minimum absolute atomic E-state index is 0. The molecule has 1 unspecified atom stereocenters. The molecule has 0 heterocycles. The largest absolute Gasteiger partial charge is 0.354 e. The summed E-state index contributed by atoms with van der Waals surface area (Å²) in [5.41, 5.74) is 6.88. The summed E-state index contributed by atoms with van der Waals surface area (Å²) in [6.07, 6.45) is 4.42. The minimum Gasteiger partial charge on any atom is -0.354 e. The van der Waals surface area contributed by atoms with Crippen LogP contribution in [-0.4, -0.2) is 38.9 Å². The van der Waals surface area contributed by atoms with Crippen LogP contribution in [0.1, 0.15) is 31.2 Å². The second-order valence-electron chi connectivity index (χ2n) is 6.38. The first kappa shape index (κ1) is 21.2. The summed E-state index contributed by atoms with van der Waals surface area (Å²) in [5, 5.41) is 3.57. The monoisotopic (exact) mass is 394 g/mol. The SMILES string of the molecule is CS(=O)(=O)CCC(N)C(=O)NCC1(c2ccc(Cl)cc2)CCC1.Cl. The van der Waals surface area contributed by atoms with Crippen molar-refractivity contribution in [1.29, 1.82) is 0 Å². The summed E-state index contributed by atoms with van der Waals surface area (Å²) in [6, 6.07) is 6.91. The van der Waals surface area contributed by atoms with Crippen LogP contribution in [0.3, 0.4) is 0 Å². The lowest BCUT2D eigenvalue weighted by Crippen LogP contribution is -2.50. The molecule has 1 saturated carbocycles. The molecule has 1 amide bonds. The third-order valence-electron chi connectivity index (χ3n) is 4.50. The molecule has 1 aliphatic rings. The maximum Gasteiger partial charge on any atom is 0.236 e. The number of benzene rings is 1. The highest BCUT2D eigenvalue weighted by Gasteiger charge is 2.39. The van der Waals surface area contributed by atoms with Crippen molar-refractivity contribution in [3.05, 3.63) is 34.9 Å². The van der Waals surface area contributed by atoms with Crippen LogP contribution in [0.2, 0.25) is 5.02 Å². The van der Waals surface area contributed by atoms with E-state index in [0.29, 0.717) is 11.6 Å². The zero-order chi connectivity index (χ0) is 17.1. The van der Waals surface area contributed by atoms with E-state index >= 15 is 0 Å². The van der Waals surface area contributed by atoms with Crippen molar-refractivity contribution in [2.24, 2.45) is 5.73 Å². The third-order valence-corrected chi connectivity index (χ3v) is 5.73. The van der Waals surface area contributed by atoms with Gasteiger partial charge < -0.3 is 11.1 Å². The number of sulfone groups is 1. The van der Waals surface area contributed by atoms with E-state index in [2.05, 4.69) is 5.32 Å². The molecule has 8 heteroatoms. The van der Waals surface area contributed by atoms with Crippen LogP contribution in [0.15, 0.2) is 24.3 Å². The van der Waals surface area contributed by atoms with Gasteiger partial charge >= 0.3 is 0 Å². The summed E-state index contributed by atoms with van der Waals surface area (Å²) >= 11 is 5.93. The molecule has 2 rings (SSSR count). The van der Waals surface area contributed by atoms with Crippen molar-refractivity contribution >= 4 is 39.8 Å². The van der Waals surface area contributed by atoms with Gasteiger partial charge in [-0.3, -0.25) is 4.79 Å². The molecule has 24 heavy (non-hydrogen) atoms. The van der Waals surface area contributed by atoms with E-state index in [1.54, 1.807) is 0 Å². The van der Waals surface area contributed by atoms with Crippen molar-refractivity contribution in [2.45, 2.75) is 37.1 Å². The fraction of sp³-hybridized carbons (Fsp3) is 0.562. The molecule has 0 aromatic heterocycles. The highest BCUT2D eigenvalue weighted by molar-refractivity contribution is 7.90. The van der Waals surface area contributed by atoms with Crippen LogP contribution in [0, 0.1) is 0 Å². The molecule has 0 spiro atoms. The van der Waals surface area contributed by atoms with Gasteiger partial charge in [0.25, 0.3) is 0 Å². The summed E-state index contributed by atoms with van der Waals surface area (Å²) < 4.78 is 22.3. The normalized spacial score (nSPS) is 17.3. The van der Waals surface area contributed by atoms with E-state index in [1.165, 1.54) is 0 Å². The maximum absolute atomic E-state index is 12.1. The Kier molecular flexibility index (Phi) is 7.53. The molecule has 0 bridgehead atoms. The molecule has 0 radical (unpaired) electrons. The summed E-state index contributed by atoms with van der Waals surface area (Å²) in [4.78, 5) is 12.1. The second kappa shape index (κ2) is 8.52. The number of amides is 1. The van der Waals surface area contributed by atoms with Gasteiger partial charge in [-0.15, -0.1) is 12.4 Å². The molecule has 1 aliphatic carbocycles. The second-order valence-corrected chi connectivity index (χ2v) is 9.08. The first-order valence-electron chi connectivity index (χ1n) is 7.69. The summed E-state index contributed by atoms with van der Waals surface area (Å²) in [5.74, 6) is -0.377. The molecular formula is C16H24Cl2N2O3S. The average molecular weight is 395 g/mol. The van der Waals surface area contributed by atoms with Crippen LogP contribution in [-0.2, 0) is 20.0 Å². The van der Waals surface area contributed by atoms with Gasteiger partial charge in [0.05, 0.1) is 11.8 Å². The van der Waals surface area contributed by atoms with Gasteiger partial charge in [-0.2, -0.15) is 0 Å². The predicted molar refractivity (Wildman–Crippen MR) is 99.5 cm³/mol. The summed E-state index contributed by atoms with van der Waals surface area (Å²) in [6.45, 7) is 0.514. The molecule has 3 N–H and O–H groups in total. The lowest BCUT2D eigenvalue weighted by Gasteiger charge is -2.42. The van der Waals surface area contributed by atoms with E-state index in [4.69, 9.17) is 17.3 Å². The molecule has 1 aromatic carbocycles. The molecular weight excluding hydrogens is 371 g/mol. The number of rotatable bonds is 7. The van der Waals surface area contributed by atoms with Gasteiger partial charge in [-0.1, -0.05) is 30.2 Å². The lowest BCUT2D eigenvalue weighted by atomic mass is 9.64. The smallest absolute Gasteiger partial charge is 0.236 e. The lowest BCUT2D eigenvalue weighted by molar-refractivity contribution is -0.122. The topological polar surface area (TPSA) is 89.3 Å². The van der Waals surface area contributed by atoms with E-state index in [1.807, 2.05) is 24.3 Å². The number of hydrogen-bond acceptors (Lipinski definition) is 4. The Bertz CT molecular complexity index is 658.